The lowest BCUT2D eigenvalue weighted by Crippen LogP contribution is -2.11. The molecule has 4 heterocycles. The van der Waals surface area contributed by atoms with Gasteiger partial charge < -0.3 is 9.32 Å². The van der Waals surface area contributed by atoms with Crippen LogP contribution >= 0.6 is 0 Å². The van der Waals surface area contributed by atoms with Crippen LogP contribution < -0.4 is 4.90 Å². The quantitative estimate of drug-likeness (QED) is 0.187. The van der Waals surface area contributed by atoms with E-state index in [1.807, 2.05) is 12.1 Å². The van der Waals surface area contributed by atoms with Crippen molar-refractivity contribution in [3.8, 4) is 11.1 Å². The minimum Gasteiger partial charge on any atom is -0.456 e. The van der Waals surface area contributed by atoms with Crippen LogP contribution in [0.2, 0.25) is 0 Å². The fourth-order valence-electron chi connectivity index (χ4n) is 8.83. The molecule has 0 aliphatic carbocycles. The number of hydrogen-bond acceptors (Lipinski definition) is 2. The molecule has 0 amide bonds. The van der Waals surface area contributed by atoms with Gasteiger partial charge in [-0.15, -0.1) is 0 Å². The molecule has 0 unspecified atom stereocenters. The Morgan fingerprint density at radius 3 is 1.87 bits per heavy atom. The van der Waals surface area contributed by atoms with Crippen molar-refractivity contribution in [1.29, 1.82) is 0 Å². The SMILES string of the molecule is c1ccc2c(-c3ccc(N(c4ccc5oc6ccccc6c5c4)c4cccc5c4n4c6ccccc6c6c7ccccc7n5c64)cc3)cccc2c1. The van der Waals surface area contributed by atoms with Gasteiger partial charge in [0.05, 0.1) is 27.8 Å². The maximum absolute atomic E-state index is 6.30. The molecule has 0 bridgehead atoms. The van der Waals surface area contributed by atoms with E-state index in [0.29, 0.717) is 0 Å². The van der Waals surface area contributed by atoms with Crippen LogP contribution in [0, 0.1) is 0 Å². The van der Waals surface area contributed by atoms with Crippen molar-refractivity contribution in [3.63, 3.8) is 0 Å². The summed E-state index contributed by atoms with van der Waals surface area (Å²) >= 11 is 0. The van der Waals surface area contributed by atoms with E-state index in [-0.39, 0.29) is 0 Å². The van der Waals surface area contributed by atoms with Crippen LogP contribution in [-0.2, 0) is 0 Å². The number of rotatable bonds is 4. The molecule has 12 rings (SSSR count). The topological polar surface area (TPSA) is 25.2 Å². The number of imidazole rings is 1. The minimum absolute atomic E-state index is 0.884. The van der Waals surface area contributed by atoms with Crippen LogP contribution in [0.1, 0.15) is 0 Å². The minimum atomic E-state index is 0.884. The van der Waals surface area contributed by atoms with Gasteiger partial charge >= 0.3 is 0 Å². The number of anilines is 3. The monoisotopic (exact) mass is 663 g/mol. The average Bonchev–Trinajstić information content (AvgIpc) is 3.94. The van der Waals surface area contributed by atoms with Gasteiger partial charge in [0.25, 0.3) is 0 Å². The molecule has 52 heavy (non-hydrogen) atoms. The molecule has 0 atom stereocenters. The Balaban J connectivity index is 1.16. The van der Waals surface area contributed by atoms with E-state index in [1.54, 1.807) is 0 Å². The van der Waals surface area contributed by atoms with Crippen LogP contribution in [0.5, 0.6) is 0 Å². The number of fused-ring (bicyclic) bond motifs is 13. The molecule has 12 aromatic rings. The van der Waals surface area contributed by atoms with Crippen molar-refractivity contribution in [1.82, 2.24) is 8.80 Å². The molecule has 242 valence electrons. The molecule has 0 N–H and O–H groups in total. The predicted octanol–water partition coefficient (Wildman–Crippen LogP) is 13.3. The average molecular weight is 664 g/mol. The summed E-state index contributed by atoms with van der Waals surface area (Å²) in [5.41, 5.74) is 13.5. The third-order valence-corrected chi connectivity index (χ3v) is 11.0. The van der Waals surface area contributed by atoms with Gasteiger partial charge in [0.1, 0.15) is 16.8 Å². The second-order valence-corrected chi connectivity index (χ2v) is 13.7. The van der Waals surface area contributed by atoms with Crippen molar-refractivity contribution >= 4 is 93.6 Å². The zero-order valence-electron chi connectivity index (χ0n) is 28.0. The summed E-state index contributed by atoms with van der Waals surface area (Å²) in [7, 11) is 0. The van der Waals surface area contributed by atoms with E-state index >= 15 is 0 Å². The fraction of sp³-hybridized carbons (Fsp3) is 0. The molecule has 0 spiro atoms. The number of furan rings is 1. The summed E-state index contributed by atoms with van der Waals surface area (Å²) in [6.07, 6.45) is 0. The second kappa shape index (κ2) is 10.3. The molecule has 0 aliphatic heterocycles. The molecule has 0 aliphatic rings. The molecule has 0 saturated heterocycles. The lowest BCUT2D eigenvalue weighted by Gasteiger charge is -2.26. The van der Waals surface area contributed by atoms with Gasteiger partial charge in [-0.3, -0.25) is 8.80 Å². The highest BCUT2D eigenvalue weighted by Gasteiger charge is 2.26. The Bertz CT molecular complexity index is 3350. The smallest absolute Gasteiger partial charge is 0.135 e. The summed E-state index contributed by atoms with van der Waals surface area (Å²) in [5.74, 6) is 0. The molecule has 0 fully saturated rings. The molecule has 0 saturated carbocycles. The number of hydrogen-bond donors (Lipinski definition) is 0. The first-order valence-electron chi connectivity index (χ1n) is 17.8. The maximum Gasteiger partial charge on any atom is 0.135 e. The molecular weight excluding hydrogens is 635 g/mol. The highest BCUT2D eigenvalue weighted by atomic mass is 16.3. The first-order chi connectivity index (χ1) is 25.8. The number of nitrogens with zero attached hydrogens (tertiary/aromatic N) is 3. The molecular formula is C48H29N3O. The van der Waals surface area contributed by atoms with Gasteiger partial charge in [-0.05, 0) is 82.6 Å². The third-order valence-electron chi connectivity index (χ3n) is 11.0. The van der Waals surface area contributed by atoms with E-state index < -0.39 is 0 Å². The van der Waals surface area contributed by atoms with Crippen LogP contribution in [0.15, 0.2) is 180 Å². The standard InChI is InChI=1S/C48H29N3O/c1-2-13-34-30(11-1)12-9-17-35(34)31-23-25-32(26-24-31)49(33-27-28-45-39(29-33)36-14-5-8-22-44(36)52-45)42-20-10-21-43-47(42)51-41-19-7-4-16-38(41)46-37-15-3-6-18-40(37)50(43)48(46)51/h1-29H. The number of aromatic nitrogens is 2. The van der Waals surface area contributed by atoms with Gasteiger partial charge in [0.15, 0.2) is 0 Å². The van der Waals surface area contributed by atoms with E-state index in [2.05, 4.69) is 177 Å². The molecule has 8 aromatic carbocycles. The van der Waals surface area contributed by atoms with Crippen molar-refractivity contribution < 1.29 is 4.42 Å². The highest BCUT2D eigenvalue weighted by molar-refractivity contribution is 6.25. The van der Waals surface area contributed by atoms with E-state index in [1.165, 1.54) is 65.8 Å². The van der Waals surface area contributed by atoms with E-state index in [4.69, 9.17) is 4.42 Å². The van der Waals surface area contributed by atoms with Gasteiger partial charge in [-0.1, -0.05) is 115 Å². The van der Waals surface area contributed by atoms with Gasteiger partial charge in [-0.2, -0.15) is 0 Å². The van der Waals surface area contributed by atoms with Gasteiger partial charge in [-0.25, -0.2) is 0 Å². The Morgan fingerprint density at radius 1 is 0.423 bits per heavy atom. The van der Waals surface area contributed by atoms with Crippen molar-refractivity contribution in [2.24, 2.45) is 0 Å². The van der Waals surface area contributed by atoms with Crippen LogP contribution in [0.4, 0.5) is 17.1 Å². The summed E-state index contributed by atoms with van der Waals surface area (Å²) in [6, 6.07) is 63.5. The Morgan fingerprint density at radius 2 is 1.04 bits per heavy atom. The molecule has 0 radical (unpaired) electrons. The van der Waals surface area contributed by atoms with Crippen molar-refractivity contribution in [3.05, 3.63) is 176 Å². The van der Waals surface area contributed by atoms with E-state index in [9.17, 15) is 0 Å². The lowest BCUT2D eigenvalue weighted by atomic mass is 9.98. The molecule has 4 aromatic heterocycles. The van der Waals surface area contributed by atoms with Crippen LogP contribution in [0.3, 0.4) is 0 Å². The summed E-state index contributed by atoms with van der Waals surface area (Å²) in [6.45, 7) is 0. The Hall–Kier alpha value is -7.04. The number of para-hydroxylation sites is 4. The van der Waals surface area contributed by atoms with Crippen molar-refractivity contribution in [2.45, 2.75) is 0 Å². The molecule has 4 nitrogen and oxygen atoms in total. The zero-order valence-corrected chi connectivity index (χ0v) is 28.0. The Labute approximate surface area is 297 Å². The fourth-order valence-corrected chi connectivity index (χ4v) is 8.83. The van der Waals surface area contributed by atoms with Crippen molar-refractivity contribution in [2.75, 3.05) is 4.90 Å². The number of benzene rings is 8. The summed E-state index contributed by atoms with van der Waals surface area (Å²) < 4.78 is 11.2. The zero-order chi connectivity index (χ0) is 33.9. The second-order valence-electron chi connectivity index (χ2n) is 13.7. The maximum atomic E-state index is 6.30. The van der Waals surface area contributed by atoms with Crippen LogP contribution in [-0.4, -0.2) is 8.80 Å². The third kappa shape index (κ3) is 3.65. The predicted molar refractivity (Wildman–Crippen MR) is 217 cm³/mol. The Kier molecular flexibility index (Phi) is 5.47. The highest BCUT2D eigenvalue weighted by Crippen LogP contribution is 2.47. The van der Waals surface area contributed by atoms with Gasteiger partial charge in [0, 0.05) is 38.3 Å². The summed E-state index contributed by atoms with van der Waals surface area (Å²) in [5, 5.41) is 8.56. The van der Waals surface area contributed by atoms with E-state index in [0.717, 1.165) is 39.0 Å². The van der Waals surface area contributed by atoms with Crippen LogP contribution in [0.25, 0.3) is 87.7 Å². The summed E-state index contributed by atoms with van der Waals surface area (Å²) in [4.78, 5) is 2.42. The first-order valence-corrected chi connectivity index (χ1v) is 17.8. The largest absolute Gasteiger partial charge is 0.456 e. The molecule has 4 heteroatoms. The van der Waals surface area contributed by atoms with Gasteiger partial charge in [0.2, 0.25) is 0 Å². The normalized spacial score (nSPS) is 12.2. The first kappa shape index (κ1) is 27.7. The lowest BCUT2D eigenvalue weighted by molar-refractivity contribution is 0.669.